The molecule has 0 radical (unpaired) electrons. The van der Waals surface area contributed by atoms with Crippen LogP contribution >= 0.6 is 22.7 Å². The number of hydrogen-bond donors (Lipinski definition) is 2. The first-order chi connectivity index (χ1) is 21.8. The molecule has 4 aromatic carbocycles. The lowest BCUT2D eigenvalue weighted by Gasteiger charge is -2.10. The maximum atomic E-state index is 5.09. The van der Waals surface area contributed by atoms with Crippen molar-refractivity contribution in [3.63, 3.8) is 0 Å². The average Bonchev–Trinajstić information content (AvgIpc) is 3.85. The molecule has 0 saturated carbocycles. The first-order valence-electron chi connectivity index (χ1n) is 14.0. The van der Waals surface area contributed by atoms with Crippen LogP contribution in [0, 0.1) is 0 Å². The van der Waals surface area contributed by atoms with Crippen LogP contribution in [0.3, 0.4) is 0 Å². The van der Waals surface area contributed by atoms with Gasteiger partial charge in [0.25, 0.3) is 0 Å². The predicted molar refractivity (Wildman–Crippen MR) is 176 cm³/mol. The maximum Gasteiger partial charge on any atom is 0.210 e. The fourth-order valence-corrected chi connectivity index (χ4v) is 6.61. The van der Waals surface area contributed by atoms with Crippen LogP contribution in [0.15, 0.2) is 109 Å². The van der Waals surface area contributed by atoms with Crippen LogP contribution in [0.25, 0.3) is 33.7 Å². The van der Waals surface area contributed by atoms with Gasteiger partial charge in [0, 0.05) is 11.4 Å². The van der Waals surface area contributed by atoms with E-state index in [0.29, 0.717) is 13.1 Å². The summed E-state index contributed by atoms with van der Waals surface area (Å²) in [7, 11) is 0. The SMILES string of the molecule is c1ccc(Nc2nnc(Cn3c(-c4nc5ccccc5n4Cc4nnc(Nc5ccccc5)s4)nc4ccccc43)s2)cc1. The van der Waals surface area contributed by atoms with Crippen LogP contribution in [0.4, 0.5) is 21.6 Å². The highest BCUT2D eigenvalue weighted by atomic mass is 32.1. The highest BCUT2D eigenvalue weighted by Gasteiger charge is 2.22. The minimum atomic E-state index is 0.497. The van der Waals surface area contributed by atoms with Crippen molar-refractivity contribution in [3.8, 4) is 11.6 Å². The van der Waals surface area contributed by atoms with Gasteiger partial charge in [-0.1, -0.05) is 83.3 Å². The summed E-state index contributed by atoms with van der Waals surface area (Å²) in [5.41, 5.74) is 5.71. The van der Waals surface area contributed by atoms with E-state index in [1.807, 2.05) is 97.1 Å². The molecule has 0 amide bonds. The Balaban J connectivity index is 1.17. The van der Waals surface area contributed by atoms with Crippen LogP contribution in [0.5, 0.6) is 0 Å². The second kappa shape index (κ2) is 11.3. The fourth-order valence-electron chi connectivity index (χ4n) is 5.11. The van der Waals surface area contributed by atoms with Gasteiger partial charge in [-0.05, 0) is 48.5 Å². The van der Waals surface area contributed by atoms with Crippen LogP contribution in [0.1, 0.15) is 10.0 Å². The Hall–Kier alpha value is -5.46. The summed E-state index contributed by atoms with van der Waals surface area (Å²) in [4.78, 5) is 10.2. The van der Waals surface area contributed by atoms with E-state index in [2.05, 4.69) is 52.3 Å². The molecule has 0 saturated heterocycles. The first-order valence-corrected chi connectivity index (χ1v) is 15.6. The van der Waals surface area contributed by atoms with Crippen molar-refractivity contribution < 1.29 is 0 Å². The van der Waals surface area contributed by atoms with Crippen LogP contribution in [0.2, 0.25) is 0 Å². The van der Waals surface area contributed by atoms with Gasteiger partial charge in [0.1, 0.15) is 10.0 Å². The van der Waals surface area contributed by atoms with Crippen molar-refractivity contribution in [2.45, 2.75) is 13.1 Å². The Kier molecular flexibility index (Phi) is 6.74. The summed E-state index contributed by atoms with van der Waals surface area (Å²) in [6.45, 7) is 0.994. The zero-order valence-electron chi connectivity index (χ0n) is 23.2. The summed E-state index contributed by atoms with van der Waals surface area (Å²) in [5.74, 6) is 1.50. The van der Waals surface area contributed by atoms with Crippen molar-refractivity contribution in [1.29, 1.82) is 0 Å². The maximum absolute atomic E-state index is 5.09. The van der Waals surface area contributed by atoms with Crippen LogP contribution < -0.4 is 10.6 Å². The lowest BCUT2D eigenvalue weighted by molar-refractivity contribution is 0.767. The van der Waals surface area contributed by atoms with Crippen molar-refractivity contribution in [1.82, 2.24) is 39.5 Å². The molecule has 0 spiro atoms. The Morgan fingerprint density at radius 3 is 1.34 bits per heavy atom. The minimum absolute atomic E-state index is 0.497. The Morgan fingerprint density at radius 1 is 0.477 bits per heavy atom. The highest BCUT2D eigenvalue weighted by molar-refractivity contribution is 7.15. The zero-order valence-corrected chi connectivity index (χ0v) is 24.8. The van der Waals surface area contributed by atoms with E-state index in [1.54, 1.807) is 0 Å². The second-order valence-corrected chi connectivity index (χ2v) is 12.1. The molecular weight excluding hydrogens is 589 g/mol. The number of benzene rings is 4. The Bertz CT molecular complexity index is 2040. The number of anilines is 4. The minimum Gasteiger partial charge on any atom is -0.330 e. The third-order valence-electron chi connectivity index (χ3n) is 7.08. The normalized spacial score (nSPS) is 11.4. The number of imidazole rings is 2. The van der Waals surface area contributed by atoms with Crippen LogP contribution in [-0.2, 0) is 13.1 Å². The summed E-state index contributed by atoms with van der Waals surface area (Å²) in [6.07, 6.45) is 0. The molecule has 8 aromatic rings. The molecule has 0 unspecified atom stereocenters. The monoisotopic (exact) mass is 612 g/mol. The summed E-state index contributed by atoms with van der Waals surface area (Å²) in [6, 6.07) is 36.2. The quantitative estimate of drug-likeness (QED) is 0.174. The third kappa shape index (κ3) is 5.16. The number of hydrogen-bond acceptors (Lipinski definition) is 10. The van der Waals surface area contributed by atoms with E-state index in [-0.39, 0.29) is 0 Å². The van der Waals surface area contributed by atoms with E-state index in [4.69, 9.17) is 9.97 Å². The molecule has 12 heteroatoms. The predicted octanol–water partition coefficient (Wildman–Crippen LogP) is 7.34. The van der Waals surface area contributed by atoms with E-state index in [9.17, 15) is 0 Å². The van der Waals surface area contributed by atoms with Gasteiger partial charge in [-0.15, -0.1) is 20.4 Å². The van der Waals surface area contributed by atoms with E-state index in [1.165, 1.54) is 22.7 Å². The van der Waals surface area contributed by atoms with Crippen molar-refractivity contribution >= 4 is 66.4 Å². The lowest BCUT2D eigenvalue weighted by atomic mass is 10.3. The molecule has 44 heavy (non-hydrogen) atoms. The Morgan fingerprint density at radius 2 is 0.886 bits per heavy atom. The van der Waals surface area contributed by atoms with Gasteiger partial charge in [-0.2, -0.15) is 0 Å². The van der Waals surface area contributed by atoms with Gasteiger partial charge in [-0.25, -0.2) is 9.97 Å². The summed E-state index contributed by atoms with van der Waals surface area (Å²) >= 11 is 3.04. The molecule has 4 heterocycles. The molecule has 0 aliphatic heterocycles. The lowest BCUT2D eigenvalue weighted by Crippen LogP contribution is -2.08. The molecule has 0 aliphatic carbocycles. The van der Waals surface area contributed by atoms with Gasteiger partial charge in [0.15, 0.2) is 11.6 Å². The number of nitrogens with one attached hydrogen (secondary N) is 2. The van der Waals surface area contributed by atoms with Crippen LogP contribution in [-0.4, -0.2) is 39.5 Å². The van der Waals surface area contributed by atoms with E-state index < -0.39 is 0 Å². The average molecular weight is 613 g/mol. The number of nitrogens with zero attached hydrogens (tertiary/aromatic N) is 8. The largest absolute Gasteiger partial charge is 0.330 e. The van der Waals surface area contributed by atoms with Gasteiger partial charge in [-0.3, -0.25) is 0 Å². The molecule has 0 aliphatic rings. The van der Waals surface area contributed by atoms with E-state index in [0.717, 1.165) is 65.4 Å². The summed E-state index contributed by atoms with van der Waals surface area (Å²) in [5, 5.41) is 27.7. The smallest absolute Gasteiger partial charge is 0.210 e. The van der Waals surface area contributed by atoms with Gasteiger partial charge >= 0.3 is 0 Å². The molecule has 0 fully saturated rings. The molecular formula is C32H24N10S2. The fraction of sp³-hybridized carbons (Fsp3) is 0.0625. The molecule has 8 rings (SSSR count). The second-order valence-electron chi connectivity index (χ2n) is 10.0. The van der Waals surface area contributed by atoms with Gasteiger partial charge in [0.05, 0.1) is 35.2 Å². The number of aromatic nitrogens is 8. The van der Waals surface area contributed by atoms with Gasteiger partial charge < -0.3 is 19.8 Å². The topological polar surface area (TPSA) is 111 Å². The summed E-state index contributed by atoms with van der Waals surface area (Å²) < 4.78 is 4.34. The number of fused-ring (bicyclic) bond motifs is 2. The zero-order chi connectivity index (χ0) is 29.3. The number of para-hydroxylation sites is 6. The van der Waals surface area contributed by atoms with Crippen molar-refractivity contribution in [2.75, 3.05) is 10.6 Å². The Labute approximate surface area is 259 Å². The first kappa shape index (κ1) is 26.2. The molecule has 10 nitrogen and oxygen atoms in total. The molecule has 214 valence electrons. The van der Waals surface area contributed by atoms with Crippen molar-refractivity contribution in [3.05, 3.63) is 119 Å². The van der Waals surface area contributed by atoms with Gasteiger partial charge in [0.2, 0.25) is 10.3 Å². The standard InChI is InChI=1S/C32H24N10S2/c1-3-11-21(12-4-1)33-31-39-37-27(43-31)19-41-25-17-9-7-15-23(25)35-29(41)30-36-24-16-8-10-18-26(24)42(30)20-28-38-40-32(44-28)34-22-13-5-2-6-14-22/h1-18H,19-20H2,(H,33,39)(H,34,40). The van der Waals surface area contributed by atoms with Crippen molar-refractivity contribution in [2.24, 2.45) is 0 Å². The van der Waals surface area contributed by atoms with E-state index >= 15 is 0 Å². The third-order valence-corrected chi connectivity index (χ3v) is 8.73. The number of rotatable bonds is 9. The molecule has 2 N–H and O–H groups in total. The molecule has 4 aromatic heterocycles. The molecule has 0 bridgehead atoms. The highest BCUT2D eigenvalue weighted by Crippen LogP contribution is 2.31. The molecule has 0 atom stereocenters.